The Kier molecular flexibility index (Phi) is 5.97. The molecule has 0 bridgehead atoms. The standard InChI is InChI=1S/C23H26N6O2/c1-2-19(16-6-4-3-5-7-16)27-21-12-22(26-18-8-9-18)29-23(28-21)17(13-25-29)10-15(14-30)11-20(24)31/h3-7,10,12-14,18-19,26H,2,8-9,11H2,1H3,(H2,24,31)(H,27,28)/b15-10+/t19-/m0/s1. The molecule has 0 radical (unpaired) electrons. The minimum atomic E-state index is -0.560. The highest BCUT2D eigenvalue weighted by atomic mass is 16.1. The molecule has 8 heteroatoms. The SMILES string of the molecule is CC[C@H](Nc1cc(NC2CC2)n2ncc(/C=C(/C=O)CC(N)=O)c2n1)c1ccccc1. The third-order valence-corrected chi connectivity index (χ3v) is 5.23. The van der Waals surface area contributed by atoms with Crippen LogP contribution in [0.5, 0.6) is 0 Å². The van der Waals surface area contributed by atoms with Crippen LogP contribution in [0.15, 0.2) is 48.2 Å². The Labute approximate surface area is 180 Å². The molecule has 0 aliphatic heterocycles. The van der Waals surface area contributed by atoms with Crippen LogP contribution in [0, 0.1) is 0 Å². The lowest BCUT2D eigenvalue weighted by molar-refractivity contribution is -0.118. The van der Waals surface area contributed by atoms with E-state index in [1.54, 1.807) is 16.8 Å². The van der Waals surface area contributed by atoms with E-state index in [2.05, 4.69) is 34.8 Å². The second-order valence-electron chi connectivity index (χ2n) is 7.78. The molecule has 1 atom stereocenters. The van der Waals surface area contributed by atoms with Gasteiger partial charge >= 0.3 is 0 Å². The third-order valence-electron chi connectivity index (χ3n) is 5.23. The molecule has 4 rings (SSSR count). The third kappa shape index (κ3) is 4.91. The lowest BCUT2D eigenvalue weighted by Crippen LogP contribution is -2.14. The van der Waals surface area contributed by atoms with Gasteiger partial charge in [0, 0.05) is 23.2 Å². The number of aromatic nitrogens is 3. The number of primary amides is 1. The molecule has 1 amide bonds. The van der Waals surface area contributed by atoms with E-state index in [-0.39, 0.29) is 18.0 Å². The van der Waals surface area contributed by atoms with Gasteiger partial charge in [0.15, 0.2) is 5.65 Å². The van der Waals surface area contributed by atoms with Crippen molar-refractivity contribution in [3.05, 3.63) is 59.3 Å². The fraction of sp³-hybridized carbons (Fsp3) is 0.304. The van der Waals surface area contributed by atoms with Crippen LogP contribution in [0.1, 0.15) is 49.8 Å². The predicted molar refractivity (Wildman–Crippen MR) is 121 cm³/mol. The minimum Gasteiger partial charge on any atom is -0.369 e. The van der Waals surface area contributed by atoms with Crippen molar-refractivity contribution in [2.45, 2.75) is 44.7 Å². The number of aldehydes is 1. The highest BCUT2D eigenvalue weighted by molar-refractivity contribution is 5.92. The van der Waals surface area contributed by atoms with E-state index >= 15 is 0 Å². The molecule has 31 heavy (non-hydrogen) atoms. The van der Waals surface area contributed by atoms with Crippen LogP contribution in [0.25, 0.3) is 11.7 Å². The normalized spacial score (nSPS) is 14.9. The lowest BCUT2D eigenvalue weighted by Gasteiger charge is -2.19. The van der Waals surface area contributed by atoms with E-state index in [0.717, 1.165) is 25.1 Å². The van der Waals surface area contributed by atoms with Gasteiger partial charge in [0.05, 0.1) is 18.7 Å². The molecule has 1 aliphatic rings. The van der Waals surface area contributed by atoms with E-state index < -0.39 is 5.91 Å². The summed E-state index contributed by atoms with van der Waals surface area (Å²) in [6.07, 6.45) is 6.91. The van der Waals surface area contributed by atoms with Gasteiger partial charge in [0.25, 0.3) is 0 Å². The van der Waals surface area contributed by atoms with Crippen molar-refractivity contribution in [1.29, 1.82) is 0 Å². The van der Waals surface area contributed by atoms with Gasteiger partial charge in [0.2, 0.25) is 5.91 Å². The Morgan fingerprint density at radius 2 is 2.10 bits per heavy atom. The number of hydrogen-bond donors (Lipinski definition) is 3. The second kappa shape index (κ2) is 8.99. The Hall–Kier alpha value is -3.68. The Morgan fingerprint density at radius 3 is 2.74 bits per heavy atom. The summed E-state index contributed by atoms with van der Waals surface area (Å²) >= 11 is 0. The van der Waals surface area contributed by atoms with Crippen LogP contribution >= 0.6 is 0 Å². The molecule has 0 unspecified atom stereocenters. The van der Waals surface area contributed by atoms with Gasteiger partial charge < -0.3 is 16.4 Å². The molecule has 0 spiro atoms. The summed E-state index contributed by atoms with van der Waals surface area (Å²) in [7, 11) is 0. The van der Waals surface area contributed by atoms with Gasteiger partial charge in [-0.1, -0.05) is 37.3 Å². The molecule has 2 aromatic heterocycles. The molecule has 1 aliphatic carbocycles. The minimum absolute atomic E-state index is 0.104. The summed E-state index contributed by atoms with van der Waals surface area (Å²) in [6, 6.07) is 12.7. The molecule has 3 aromatic rings. The quantitative estimate of drug-likeness (QED) is 0.344. The summed E-state index contributed by atoms with van der Waals surface area (Å²) < 4.78 is 1.73. The first kappa shape index (κ1) is 20.6. The summed E-state index contributed by atoms with van der Waals surface area (Å²) in [5.41, 5.74) is 7.97. The molecule has 8 nitrogen and oxygen atoms in total. The van der Waals surface area contributed by atoms with Crippen LogP contribution in [0.2, 0.25) is 0 Å². The van der Waals surface area contributed by atoms with Crippen LogP contribution in [0.4, 0.5) is 11.6 Å². The van der Waals surface area contributed by atoms with Gasteiger partial charge in [-0.05, 0) is 30.9 Å². The predicted octanol–water partition coefficient (Wildman–Crippen LogP) is 3.32. The number of nitrogens with one attached hydrogen (secondary N) is 2. The van der Waals surface area contributed by atoms with Crippen LogP contribution < -0.4 is 16.4 Å². The number of fused-ring (bicyclic) bond motifs is 1. The van der Waals surface area contributed by atoms with Gasteiger partial charge in [-0.15, -0.1) is 0 Å². The molecule has 160 valence electrons. The average Bonchev–Trinajstić information content (AvgIpc) is 3.50. The van der Waals surface area contributed by atoms with Gasteiger partial charge in [0.1, 0.15) is 17.9 Å². The van der Waals surface area contributed by atoms with E-state index in [0.29, 0.717) is 29.4 Å². The molecule has 1 aromatic carbocycles. The van der Waals surface area contributed by atoms with Crippen LogP contribution in [-0.4, -0.2) is 32.8 Å². The van der Waals surface area contributed by atoms with Gasteiger partial charge in [-0.25, -0.2) is 4.98 Å². The van der Waals surface area contributed by atoms with Crippen LogP contribution in [-0.2, 0) is 9.59 Å². The molecule has 2 heterocycles. The topological polar surface area (TPSA) is 114 Å². The van der Waals surface area contributed by atoms with Crippen molar-refractivity contribution >= 4 is 35.6 Å². The molecule has 1 saturated carbocycles. The Morgan fingerprint density at radius 1 is 1.32 bits per heavy atom. The van der Waals surface area contributed by atoms with E-state index in [1.807, 2.05) is 24.3 Å². The molecular formula is C23H26N6O2. The maximum atomic E-state index is 11.4. The van der Waals surface area contributed by atoms with Crippen molar-refractivity contribution in [2.75, 3.05) is 10.6 Å². The molecule has 1 fully saturated rings. The molecular weight excluding hydrogens is 392 g/mol. The molecule has 4 N–H and O–H groups in total. The maximum absolute atomic E-state index is 11.4. The summed E-state index contributed by atoms with van der Waals surface area (Å²) in [6.45, 7) is 2.12. The van der Waals surface area contributed by atoms with E-state index in [1.165, 1.54) is 5.56 Å². The van der Waals surface area contributed by atoms with Gasteiger partial charge in [-0.2, -0.15) is 9.61 Å². The number of nitrogens with zero attached hydrogens (tertiary/aromatic N) is 3. The largest absolute Gasteiger partial charge is 0.369 e. The fourth-order valence-corrected chi connectivity index (χ4v) is 3.51. The van der Waals surface area contributed by atoms with Crippen molar-refractivity contribution in [3.63, 3.8) is 0 Å². The van der Waals surface area contributed by atoms with Gasteiger partial charge in [-0.3, -0.25) is 9.59 Å². The fourth-order valence-electron chi connectivity index (χ4n) is 3.51. The smallest absolute Gasteiger partial charge is 0.221 e. The summed E-state index contributed by atoms with van der Waals surface area (Å²) in [5, 5.41) is 11.5. The van der Waals surface area contributed by atoms with E-state index in [4.69, 9.17) is 10.7 Å². The van der Waals surface area contributed by atoms with Crippen molar-refractivity contribution in [2.24, 2.45) is 5.73 Å². The summed E-state index contributed by atoms with van der Waals surface area (Å²) in [4.78, 5) is 27.4. The number of nitrogens with two attached hydrogens (primary N) is 1. The number of anilines is 2. The number of hydrogen-bond acceptors (Lipinski definition) is 6. The Balaban J connectivity index is 1.74. The first-order chi connectivity index (χ1) is 15.1. The van der Waals surface area contributed by atoms with E-state index in [9.17, 15) is 9.59 Å². The second-order valence-corrected chi connectivity index (χ2v) is 7.78. The number of rotatable bonds is 10. The number of amides is 1. The number of carbonyl (C=O) groups excluding carboxylic acids is 2. The average molecular weight is 419 g/mol. The lowest BCUT2D eigenvalue weighted by atomic mass is 10.0. The highest BCUT2D eigenvalue weighted by Gasteiger charge is 2.23. The Bertz CT molecular complexity index is 1120. The monoisotopic (exact) mass is 418 g/mol. The first-order valence-electron chi connectivity index (χ1n) is 10.5. The van der Waals surface area contributed by atoms with Crippen LogP contribution in [0.3, 0.4) is 0 Å². The zero-order valence-electron chi connectivity index (χ0n) is 17.4. The highest BCUT2D eigenvalue weighted by Crippen LogP contribution is 2.29. The number of carbonyl (C=O) groups is 2. The first-order valence-corrected chi connectivity index (χ1v) is 10.5. The molecule has 0 saturated heterocycles. The maximum Gasteiger partial charge on any atom is 0.221 e. The zero-order valence-corrected chi connectivity index (χ0v) is 17.4. The summed E-state index contributed by atoms with van der Waals surface area (Å²) in [5.74, 6) is 0.985. The van der Waals surface area contributed by atoms with Crippen molar-refractivity contribution in [3.8, 4) is 0 Å². The van der Waals surface area contributed by atoms with Crippen molar-refractivity contribution in [1.82, 2.24) is 14.6 Å². The van der Waals surface area contributed by atoms with Crippen molar-refractivity contribution < 1.29 is 9.59 Å². The number of benzene rings is 1. The zero-order chi connectivity index (χ0) is 21.8.